The van der Waals surface area contributed by atoms with Gasteiger partial charge in [0.05, 0.1) is 10.9 Å². The summed E-state index contributed by atoms with van der Waals surface area (Å²) in [7, 11) is 0. The molecule has 1 fully saturated rings. The van der Waals surface area contributed by atoms with Crippen LogP contribution in [0.5, 0.6) is 0 Å². The van der Waals surface area contributed by atoms with Crippen LogP contribution in [0.25, 0.3) is 10.1 Å². The molecule has 2 heterocycles. The Balaban J connectivity index is 0.000000199. The van der Waals surface area contributed by atoms with E-state index in [1.807, 2.05) is 18.2 Å². The fraction of sp³-hybridized carbons (Fsp3) is 0.333. The summed E-state index contributed by atoms with van der Waals surface area (Å²) in [5, 5.41) is 7.15. The summed E-state index contributed by atoms with van der Waals surface area (Å²) in [6.45, 7) is 4.56. The zero-order chi connectivity index (χ0) is 11.9. The zero-order valence-corrected chi connectivity index (χ0v) is 11.5. The number of hydrogen-bond donors (Lipinski definition) is 2. The van der Waals surface area contributed by atoms with Gasteiger partial charge in [-0.1, -0.05) is 12.1 Å². The first-order chi connectivity index (χ1) is 8.38. The Morgan fingerprint density at radius 3 is 2.22 bits per heavy atom. The summed E-state index contributed by atoms with van der Waals surface area (Å²) in [6, 6.07) is 7.47. The Morgan fingerprint density at radius 2 is 1.67 bits per heavy atom. The molecule has 3 rings (SSSR count). The Kier molecular flexibility index (Phi) is 6.82. The molecule has 1 aromatic carbocycles. The molecule has 2 N–H and O–H groups in total. The highest BCUT2D eigenvalue weighted by atomic mass is 35.5. The molecule has 0 spiro atoms. The molecule has 1 saturated heterocycles. The Labute approximate surface area is 116 Å². The third-order valence-electron chi connectivity index (χ3n) is 2.42. The average molecular weight is 286 g/mol. The number of aromatic nitrogens is 1. The van der Waals surface area contributed by atoms with E-state index >= 15 is 0 Å². The van der Waals surface area contributed by atoms with Crippen molar-refractivity contribution < 1.29 is 0 Å². The van der Waals surface area contributed by atoms with Crippen molar-refractivity contribution in [3.63, 3.8) is 0 Å². The van der Waals surface area contributed by atoms with Crippen LogP contribution in [0, 0.1) is 0 Å². The number of benzene rings is 1. The number of fused-ring (bicyclic) bond motifs is 1. The lowest BCUT2D eigenvalue weighted by molar-refractivity contribution is 0.534. The highest BCUT2D eigenvalue weighted by molar-refractivity contribution is 7.16. The van der Waals surface area contributed by atoms with Gasteiger partial charge in [-0.2, -0.15) is 0 Å². The molecule has 0 aliphatic carbocycles. The summed E-state index contributed by atoms with van der Waals surface area (Å²) < 4.78 is 0.993. The van der Waals surface area contributed by atoms with Crippen LogP contribution in [0.15, 0.2) is 34.6 Å². The molecule has 6 heteroatoms. The van der Waals surface area contributed by atoms with Crippen molar-refractivity contribution in [3.8, 4) is 0 Å². The van der Waals surface area contributed by atoms with Crippen LogP contribution in [0.3, 0.4) is 0 Å². The molecule has 0 bridgehead atoms. The molecule has 98 valence electrons. The monoisotopic (exact) mass is 285 g/mol. The third-order valence-corrected chi connectivity index (χ3v) is 3.24. The van der Waals surface area contributed by atoms with Crippen molar-refractivity contribution in [2.24, 2.45) is 0 Å². The van der Waals surface area contributed by atoms with Crippen molar-refractivity contribution in [2.75, 3.05) is 26.2 Å². The SMILES string of the molecule is C1CNCCN1.Cl.O=c1ncsc2ccccc12. The van der Waals surface area contributed by atoms with E-state index < -0.39 is 0 Å². The second-order valence-corrected chi connectivity index (χ2v) is 4.54. The molecular formula is C12H16ClN3OS. The zero-order valence-electron chi connectivity index (χ0n) is 9.89. The lowest BCUT2D eigenvalue weighted by atomic mass is 10.3. The van der Waals surface area contributed by atoms with E-state index in [1.54, 1.807) is 11.6 Å². The van der Waals surface area contributed by atoms with Crippen molar-refractivity contribution in [1.29, 1.82) is 0 Å². The molecule has 0 saturated carbocycles. The van der Waals surface area contributed by atoms with Gasteiger partial charge in [-0.05, 0) is 12.1 Å². The van der Waals surface area contributed by atoms with Crippen molar-refractivity contribution >= 4 is 33.8 Å². The van der Waals surface area contributed by atoms with E-state index in [9.17, 15) is 4.79 Å². The van der Waals surface area contributed by atoms with Gasteiger partial charge >= 0.3 is 0 Å². The van der Waals surface area contributed by atoms with E-state index in [0.29, 0.717) is 5.39 Å². The molecule has 0 atom stereocenters. The maximum Gasteiger partial charge on any atom is 0.279 e. The summed E-state index contributed by atoms with van der Waals surface area (Å²) in [5.41, 5.74) is 1.43. The van der Waals surface area contributed by atoms with E-state index in [2.05, 4.69) is 15.6 Å². The molecule has 1 aliphatic heterocycles. The first-order valence-corrected chi connectivity index (χ1v) is 6.50. The molecule has 0 amide bonds. The van der Waals surface area contributed by atoms with Gasteiger partial charge in [-0.3, -0.25) is 4.79 Å². The lowest BCUT2D eigenvalue weighted by Crippen LogP contribution is -2.39. The van der Waals surface area contributed by atoms with E-state index in [1.165, 1.54) is 11.3 Å². The second kappa shape index (κ2) is 8.16. The molecule has 0 radical (unpaired) electrons. The van der Waals surface area contributed by atoms with E-state index in [-0.39, 0.29) is 18.0 Å². The van der Waals surface area contributed by atoms with Gasteiger partial charge in [0.25, 0.3) is 5.56 Å². The number of piperazine rings is 1. The van der Waals surface area contributed by atoms with Gasteiger partial charge in [0.1, 0.15) is 0 Å². The molecule has 18 heavy (non-hydrogen) atoms. The van der Waals surface area contributed by atoms with Crippen molar-refractivity contribution in [2.45, 2.75) is 0 Å². The van der Waals surface area contributed by atoms with Gasteiger partial charge in [0, 0.05) is 30.9 Å². The van der Waals surface area contributed by atoms with E-state index in [4.69, 9.17) is 0 Å². The molecule has 0 unspecified atom stereocenters. The first-order valence-electron chi connectivity index (χ1n) is 5.62. The predicted octanol–water partition coefficient (Wildman–Crippen LogP) is 1.26. The lowest BCUT2D eigenvalue weighted by Gasteiger charge is -2.11. The standard InChI is InChI=1S/C8H5NOS.C4H10N2.ClH/c10-8-6-3-1-2-4-7(6)11-5-9-8;1-2-6-4-3-5-1;/h1-5H;5-6H,1-4H2;1H. The maximum atomic E-state index is 11.1. The molecule has 4 nitrogen and oxygen atoms in total. The first kappa shape index (κ1) is 15.0. The minimum atomic E-state index is -0.139. The molecule has 1 aliphatic rings. The second-order valence-electron chi connectivity index (χ2n) is 3.65. The van der Waals surface area contributed by atoms with Crippen LogP contribution >= 0.6 is 23.7 Å². The van der Waals surface area contributed by atoms with Gasteiger partial charge in [-0.15, -0.1) is 23.7 Å². The van der Waals surface area contributed by atoms with Crippen molar-refractivity contribution in [3.05, 3.63) is 40.1 Å². The third kappa shape index (κ3) is 4.34. The fourth-order valence-corrected chi connectivity index (χ4v) is 2.25. The largest absolute Gasteiger partial charge is 0.314 e. The topological polar surface area (TPSA) is 54.0 Å². The molecule has 1 aromatic heterocycles. The van der Waals surface area contributed by atoms with Crippen LogP contribution in [-0.2, 0) is 0 Å². The average Bonchev–Trinajstić information content (AvgIpc) is 2.42. The van der Waals surface area contributed by atoms with Crippen LogP contribution in [0.2, 0.25) is 0 Å². The van der Waals surface area contributed by atoms with Gasteiger partial charge in [-0.25, -0.2) is 4.98 Å². The normalized spacial score (nSPS) is 14.2. The van der Waals surface area contributed by atoms with Gasteiger partial charge in [0.15, 0.2) is 0 Å². The summed E-state index contributed by atoms with van der Waals surface area (Å²) in [6.07, 6.45) is 0. The molecule has 2 aromatic rings. The quantitative estimate of drug-likeness (QED) is 0.765. The van der Waals surface area contributed by atoms with Crippen LogP contribution < -0.4 is 16.2 Å². The fourth-order valence-electron chi connectivity index (χ4n) is 1.55. The Hall–Kier alpha value is -1.01. The highest BCUT2D eigenvalue weighted by Crippen LogP contribution is 2.11. The number of nitrogens with zero attached hydrogens (tertiary/aromatic N) is 1. The number of halogens is 1. The summed E-state index contributed by atoms with van der Waals surface area (Å²) in [5.74, 6) is 0. The van der Waals surface area contributed by atoms with Gasteiger partial charge in [0.2, 0.25) is 0 Å². The maximum absolute atomic E-state index is 11.1. The number of hydrogen-bond acceptors (Lipinski definition) is 5. The smallest absolute Gasteiger partial charge is 0.279 e. The summed E-state index contributed by atoms with van der Waals surface area (Å²) in [4.78, 5) is 14.7. The van der Waals surface area contributed by atoms with Crippen LogP contribution in [0.4, 0.5) is 0 Å². The molecular weight excluding hydrogens is 270 g/mol. The van der Waals surface area contributed by atoms with Gasteiger partial charge < -0.3 is 10.6 Å². The van der Waals surface area contributed by atoms with Crippen LogP contribution in [0.1, 0.15) is 0 Å². The number of nitrogens with one attached hydrogen (secondary N) is 2. The van der Waals surface area contributed by atoms with Crippen molar-refractivity contribution in [1.82, 2.24) is 15.6 Å². The van der Waals surface area contributed by atoms with Crippen LogP contribution in [-0.4, -0.2) is 31.2 Å². The Morgan fingerprint density at radius 1 is 1.06 bits per heavy atom. The summed E-state index contributed by atoms with van der Waals surface area (Å²) >= 11 is 1.48. The van der Waals surface area contributed by atoms with E-state index in [0.717, 1.165) is 30.9 Å². The highest BCUT2D eigenvalue weighted by Gasteiger charge is 1.95. The minimum absolute atomic E-state index is 0. The Bertz CT molecular complexity index is 511. The minimum Gasteiger partial charge on any atom is -0.314 e. The number of rotatable bonds is 0. The predicted molar refractivity (Wildman–Crippen MR) is 78.9 cm³/mol.